The summed E-state index contributed by atoms with van der Waals surface area (Å²) in [5.41, 5.74) is 4.83. The number of aromatic nitrogens is 4. The fourth-order valence-electron chi connectivity index (χ4n) is 4.38. The lowest BCUT2D eigenvalue weighted by Crippen LogP contribution is -2.36. The molecule has 2 aliphatic rings. The van der Waals surface area contributed by atoms with Gasteiger partial charge in [0.25, 0.3) is 0 Å². The van der Waals surface area contributed by atoms with E-state index in [-0.39, 0.29) is 6.10 Å². The molecule has 0 unspecified atom stereocenters. The van der Waals surface area contributed by atoms with Gasteiger partial charge in [-0.2, -0.15) is 0 Å². The first-order valence-electron chi connectivity index (χ1n) is 11.0. The van der Waals surface area contributed by atoms with Gasteiger partial charge in [-0.1, -0.05) is 0 Å². The zero-order chi connectivity index (χ0) is 21.0. The highest BCUT2D eigenvalue weighted by atomic mass is 16.5. The van der Waals surface area contributed by atoms with E-state index in [0.717, 1.165) is 85.8 Å². The molecule has 1 aliphatic heterocycles. The number of rotatable bonds is 5. The van der Waals surface area contributed by atoms with E-state index in [1.54, 1.807) is 18.7 Å². The lowest BCUT2D eigenvalue weighted by molar-refractivity contribution is 0.122. The third-order valence-electron chi connectivity index (χ3n) is 6.14. The molecule has 8 nitrogen and oxygen atoms in total. The molecule has 162 valence electrons. The molecule has 0 radical (unpaired) electrons. The quantitative estimate of drug-likeness (QED) is 0.673. The van der Waals surface area contributed by atoms with Crippen molar-refractivity contribution in [3.63, 3.8) is 0 Å². The first-order chi connectivity index (χ1) is 15.3. The van der Waals surface area contributed by atoms with E-state index in [1.807, 2.05) is 13.1 Å². The van der Waals surface area contributed by atoms with Gasteiger partial charge in [-0.15, -0.1) is 0 Å². The Morgan fingerprint density at radius 1 is 1.03 bits per heavy atom. The monoisotopic (exact) mass is 420 g/mol. The molecule has 1 saturated carbocycles. The zero-order valence-electron chi connectivity index (χ0n) is 17.8. The molecule has 0 atom stereocenters. The van der Waals surface area contributed by atoms with Crippen LogP contribution in [0.1, 0.15) is 31.4 Å². The summed E-state index contributed by atoms with van der Waals surface area (Å²) in [4.78, 5) is 19.8. The van der Waals surface area contributed by atoms with E-state index in [2.05, 4.69) is 42.3 Å². The molecule has 8 heteroatoms. The molecule has 1 N–H and O–H groups in total. The van der Waals surface area contributed by atoms with Gasteiger partial charge in [0, 0.05) is 43.3 Å². The number of ether oxygens (including phenoxy) is 2. The van der Waals surface area contributed by atoms with Gasteiger partial charge < -0.3 is 19.7 Å². The van der Waals surface area contributed by atoms with Crippen LogP contribution in [-0.2, 0) is 4.74 Å². The summed E-state index contributed by atoms with van der Waals surface area (Å²) in [5, 5.41) is 3.59. The van der Waals surface area contributed by atoms with Crippen molar-refractivity contribution in [2.45, 2.75) is 44.8 Å². The van der Waals surface area contributed by atoms with Crippen LogP contribution in [0.5, 0.6) is 5.75 Å². The van der Waals surface area contributed by atoms with Crippen LogP contribution in [0.25, 0.3) is 11.0 Å². The summed E-state index contributed by atoms with van der Waals surface area (Å²) < 4.78 is 12.0. The van der Waals surface area contributed by atoms with Gasteiger partial charge in [0.2, 0.25) is 0 Å². The van der Waals surface area contributed by atoms with Crippen LogP contribution in [-0.4, -0.2) is 58.4 Å². The average molecular weight is 421 g/mol. The van der Waals surface area contributed by atoms with Crippen LogP contribution in [0.3, 0.4) is 0 Å². The summed E-state index contributed by atoms with van der Waals surface area (Å²) in [6.45, 7) is 5.26. The maximum Gasteiger partial charge on any atom is 0.149 e. The maximum absolute atomic E-state index is 6.51. The highest BCUT2D eigenvalue weighted by molar-refractivity contribution is 5.85. The first kappa shape index (κ1) is 19.9. The van der Waals surface area contributed by atoms with Gasteiger partial charge in [-0.3, -0.25) is 4.98 Å². The molecular weight excluding hydrogens is 392 g/mol. The predicted molar refractivity (Wildman–Crippen MR) is 120 cm³/mol. The number of nitrogens with one attached hydrogen (secondary N) is 1. The smallest absolute Gasteiger partial charge is 0.149 e. The van der Waals surface area contributed by atoms with Crippen LogP contribution >= 0.6 is 0 Å². The topological polar surface area (TPSA) is 85.3 Å². The van der Waals surface area contributed by atoms with Crippen LogP contribution in [0, 0.1) is 6.92 Å². The second-order valence-corrected chi connectivity index (χ2v) is 8.23. The molecule has 31 heavy (non-hydrogen) atoms. The van der Waals surface area contributed by atoms with Crippen molar-refractivity contribution in [3.05, 3.63) is 42.7 Å². The van der Waals surface area contributed by atoms with Crippen molar-refractivity contribution >= 4 is 22.4 Å². The van der Waals surface area contributed by atoms with Crippen molar-refractivity contribution in [2.75, 3.05) is 36.5 Å². The van der Waals surface area contributed by atoms with E-state index in [0.29, 0.717) is 6.04 Å². The number of aryl methyl sites for hydroxylation is 1. The van der Waals surface area contributed by atoms with E-state index in [4.69, 9.17) is 9.47 Å². The molecule has 1 aromatic carbocycles. The normalized spacial score (nSPS) is 21.8. The van der Waals surface area contributed by atoms with Crippen molar-refractivity contribution in [1.29, 1.82) is 0 Å². The van der Waals surface area contributed by atoms with Crippen molar-refractivity contribution in [3.8, 4) is 5.75 Å². The van der Waals surface area contributed by atoms with E-state index in [1.165, 1.54) is 0 Å². The van der Waals surface area contributed by atoms with E-state index in [9.17, 15) is 0 Å². The fraction of sp³-hybridized carbons (Fsp3) is 0.478. The highest BCUT2D eigenvalue weighted by Gasteiger charge is 2.24. The molecule has 3 aromatic rings. The second-order valence-electron chi connectivity index (χ2n) is 8.23. The number of morpholine rings is 1. The standard InChI is InChI=1S/C23H28N6O2/c1-16-21(14-24-15-27-16)28-17-2-4-19(5-3-17)31-22-13-18(29-8-10-30-11-9-29)12-20-23(22)26-7-6-25-20/h6-7,12-15,17,19,28H,2-5,8-11H2,1H3/t17-,19+. The molecule has 0 bridgehead atoms. The van der Waals surface area contributed by atoms with E-state index >= 15 is 0 Å². The Balaban J connectivity index is 1.28. The second kappa shape index (κ2) is 9.01. The summed E-state index contributed by atoms with van der Waals surface area (Å²) in [6.07, 6.45) is 11.2. The van der Waals surface area contributed by atoms with Gasteiger partial charge in [0.15, 0.2) is 0 Å². The Hall–Kier alpha value is -3.00. The van der Waals surface area contributed by atoms with Gasteiger partial charge in [-0.05, 0) is 38.7 Å². The van der Waals surface area contributed by atoms with Crippen LogP contribution in [0.15, 0.2) is 37.1 Å². The summed E-state index contributed by atoms with van der Waals surface area (Å²) in [7, 11) is 0. The van der Waals surface area contributed by atoms with Crippen LogP contribution < -0.4 is 15.0 Å². The van der Waals surface area contributed by atoms with Gasteiger partial charge >= 0.3 is 0 Å². The third-order valence-corrected chi connectivity index (χ3v) is 6.14. The van der Waals surface area contributed by atoms with Gasteiger partial charge in [0.05, 0.1) is 42.4 Å². The highest BCUT2D eigenvalue weighted by Crippen LogP contribution is 2.33. The Kier molecular flexibility index (Phi) is 5.80. The average Bonchev–Trinajstić information content (AvgIpc) is 2.82. The maximum atomic E-state index is 6.51. The summed E-state index contributed by atoms with van der Waals surface area (Å²) in [5.74, 6) is 0.829. The number of benzene rings is 1. The number of hydrogen-bond donors (Lipinski definition) is 1. The van der Waals surface area contributed by atoms with Gasteiger partial charge in [-0.25, -0.2) is 15.0 Å². The molecule has 1 aliphatic carbocycles. The number of hydrogen-bond acceptors (Lipinski definition) is 8. The Morgan fingerprint density at radius 3 is 2.65 bits per heavy atom. The van der Waals surface area contributed by atoms with Crippen molar-refractivity contribution in [1.82, 2.24) is 19.9 Å². The van der Waals surface area contributed by atoms with E-state index < -0.39 is 0 Å². The fourth-order valence-corrected chi connectivity index (χ4v) is 4.38. The molecule has 0 amide bonds. The Labute approximate surface area is 182 Å². The molecular formula is C23H28N6O2. The first-order valence-corrected chi connectivity index (χ1v) is 11.0. The Morgan fingerprint density at radius 2 is 1.84 bits per heavy atom. The van der Waals surface area contributed by atoms with Crippen LogP contribution in [0.2, 0.25) is 0 Å². The van der Waals surface area contributed by atoms with Crippen molar-refractivity contribution < 1.29 is 9.47 Å². The molecule has 2 aromatic heterocycles. The molecule has 3 heterocycles. The lowest BCUT2D eigenvalue weighted by Gasteiger charge is -2.32. The van der Waals surface area contributed by atoms with Crippen molar-refractivity contribution in [2.24, 2.45) is 0 Å². The zero-order valence-corrected chi connectivity index (χ0v) is 17.8. The van der Waals surface area contributed by atoms with Gasteiger partial charge in [0.1, 0.15) is 17.6 Å². The summed E-state index contributed by atoms with van der Waals surface area (Å²) in [6, 6.07) is 4.64. The van der Waals surface area contributed by atoms with Crippen LogP contribution in [0.4, 0.5) is 11.4 Å². The largest absolute Gasteiger partial charge is 0.488 e. The minimum atomic E-state index is 0.177. The molecule has 0 spiro atoms. The Bertz CT molecular complexity index is 1030. The molecule has 1 saturated heterocycles. The number of fused-ring (bicyclic) bond motifs is 1. The minimum absolute atomic E-state index is 0.177. The third kappa shape index (κ3) is 4.54. The SMILES string of the molecule is Cc1ncncc1N[C@H]1CC[C@@H](Oc2cc(N3CCOCC3)cc3nccnc23)CC1. The lowest BCUT2D eigenvalue weighted by atomic mass is 9.92. The molecule has 5 rings (SSSR count). The molecule has 2 fully saturated rings. The minimum Gasteiger partial charge on any atom is -0.488 e. The summed E-state index contributed by atoms with van der Waals surface area (Å²) >= 11 is 0. The number of anilines is 2. The number of nitrogens with zero attached hydrogens (tertiary/aromatic N) is 5. The predicted octanol–water partition coefficient (Wildman–Crippen LogP) is 3.37.